The molecule has 0 saturated heterocycles. The number of benzene rings is 1. The van der Waals surface area contributed by atoms with E-state index in [4.69, 9.17) is 4.42 Å². The smallest absolute Gasteiger partial charge is 0.124 e. The maximum Gasteiger partial charge on any atom is 0.124 e. The van der Waals surface area contributed by atoms with Crippen LogP contribution in [-0.2, 0) is 6.54 Å². The molecule has 0 amide bonds. The Morgan fingerprint density at radius 1 is 1.33 bits per heavy atom. The lowest BCUT2D eigenvalue weighted by Gasteiger charge is -2.11. The van der Waals surface area contributed by atoms with Crippen molar-refractivity contribution in [1.82, 2.24) is 5.32 Å². The van der Waals surface area contributed by atoms with E-state index in [0.717, 1.165) is 21.6 Å². The third-order valence-corrected chi connectivity index (χ3v) is 3.18. The van der Waals surface area contributed by atoms with Crippen molar-refractivity contribution < 1.29 is 8.81 Å². The van der Waals surface area contributed by atoms with Crippen molar-refractivity contribution in [2.75, 3.05) is 0 Å². The second-order valence-electron chi connectivity index (χ2n) is 4.33. The number of furan rings is 1. The Kier molecular flexibility index (Phi) is 4.19. The summed E-state index contributed by atoms with van der Waals surface area (Å²) in [5, 5.41) is 3.30. The Hall–Kier alpha value is -1.13. The van der Waals surface area contributed by atoms with Crippen molar-refractivity contribution in [2.24, 2.45) is 0 Å². The van der Waals surface area contributed by atoms with E-state index in [1.165, 1.54) is 12.1 Å². The van der Waals surface area contributed by atoms with Crippen molar-refractivity contribution in [1.29, 1.82) is 0 Å². The molecule has 0 saturated carbocycles. The molecule has 2 nitrogen and oxygen atoms in total. The van der Waals surface area contributed by atoms with Gasteiger partial charge in [-0.15, -0.1) is 0 Å². The van der Waals surface area contributed by atoms with Crippen LogP contribution < -0.4 is 5.32 Å². The summed E-state index contributed by atoms with van der Waals surface area (Å²) in [6.07, 6.45) is 0. The molecule has 1 aromatic carbocycles. The zero-order chi connectivity index (χ0) is 13.1. The van der Waals surface area contributed by atoms with Gasteiger partial charge in [-0.2, -0.15) is 0 Å². The summed E-state index contributed by atoms with van der Waals surface area (Å²) in [5.74, 6) is 1.55. The molecular formula is C14H15BrFNO. The minimum absolute atomic E-state index is 0.0979. The van der Waals surface area contributed by atoms with Crippen molar-refractivity contribution in [3.05, 3.63) is 57.7 Å². The molecule has 1 atom stereocenters. The van der Waals surface area contributed by atoms with Gasteiger partial charge in [-0.05, 0) is 49.7 Å². The number of rotatable bonds is 4. The summed E-state index contributed by atoms with van der Waals surface area (Å²) in [5.41, 5.74) is 0.900. The molecule has 0 fully saturated rings. The molecule has 1 heterocycles. The monoisotopic (exact) mass is 311 g/mol. The van der Waals surface area contributed by atoms with Crippen LogP contribution in [0.15, 0.2) is 39.2 Å². The van der Waals surface area contributed by atoms with Gasteiger partial charge in [-0.25, -0.2) is 4.39 Å². The third-order valence-electron chi connectivity index (χ3n) is 2.72. The molecule has 2 rings (SSSR count). The quantitative estimate of drug-likeness (QED) is 0.908. The highest BCUT2D eigenvalue weighted by Gasteiger charge is 2.09. The molecule has 4 heteroatoms. The summed E-state index contributed by atoms with van der Waals surface area (Å²) in [6, 6.07) is 8.86. The summed E-state index contributed by atoms with van der Waals surface area (Å²) >= 11 is 3.28. The van der Waals surface area contributed by atoms with Crippen molar-refractivity contribution in [3.8, 4) is 0 Å². The highest BCUT2D eigenvalue weighted by molar-refractivity contribution is 9.10. The number of hydrogen-bond donors (Lipinski definition) is 1. The standard InChI is InChI=1S/C14H15BrFNO/c1-9-3-4-14(18-9)10(2)17-8-11-5-12(15)7-13(16)6-11/h3-7,10,17H,8H2,1-2H3. The normalized spacial score (nSPS) is 12.7. The third kappa shape index (κ3) is 3.43. The van der Waals surface area contributed by atoms with E-state index in [9.17, 15) is 4.39 Å². The first-order valence-corrected chi connectivity index (χ1v) is 6.58. The molecule has 2 aromatic rings. The predicted octanol–water partition coefficient (Wildman–Crippen LogP) is 4.34. The second kappa shape index (κ2) is 5.67. The molecule has 1 unspecified atom stereocenters. The van der Waals surface area contributed by atoms with Crippen LogP contribution in [0.25, 0.3) is 0 Å². The summed E-state index contributed by atoms with van der Waals surface area (Å²) in [4.78, 5) is 0. The Balaban J connectivity index is 1.99. The van der Waals surface area contributed by atoms with Gasteiger partial charge in [0, 0.05) is 11.0 Å². The van der Waals surface area contributed by atoms with Gasteiger partial charge in [0.15, 0.2) is 0 Å². The topological polar surface area (TPSA) is 25.2 Å². The maximum atomic E-state index is 13.2. The second-order valence-corrected chi connectivity index (χ2v) is 5.24. The zero-order valence-electron chi connectivity index (χ0n) is 10.3. The van der Waals surface area contributed by atoms with Crippen molar-refractivity contribution in [3.63, 3.8) is 0 Å². The summed E-state index contributed by atoms with van der Waals surface area (Å²) in [7, 11) is 0. The Morgan fingerprint density at radius 3 is 2.72 bits per heavy atom. The average molecular weight is 312 g/mol. The molecule has 0 aliphatic carbocycles. The summed E-state index contributed by atoms with van der Waals surface area (Å²) < 4.78 is 19.5. The molecule has 18 heavy (non-hydrogen) atoms. The minimum Gasteiger partial charge on any atom is -0.465 e. The molecule has 0 spiro atoms. The Morgan fingerprint density at radius 2 is 2.11 bits per heavy atom. The van der Waals surface area contributed by atoms with E-state index in [2.05, 4.69) is 21.2 Å². The molecule has 1 aromatic heterocycles. The maximum absolute atomic E-state index is 13.2. The fourth-order valence-corrected chi connectivity index (χ4v) is 2.28. The largest absolute Gasteiger partial charge is 0.465 e. The van der Waals surface area contributed by atoms with E-state index < -0.39 is 0 Å². The SMILES string of the molecule is Cc1ccc(C(C)NCc2cc(F)cc(Br)c2)o1. The number of aryl methyl sites for hydroxylation is 1. The average Bonchev–Trinajstić information content (AvgIpc) is 2.71. The first-order valence-electron chi connectivity index (χ1n) is 5.79. The van der Waals surface area contributed by atoms with E-state index in [-0.39, 0.29) is 11.9 Å². The van der Waals surface area contributed by atoms with Gasteiger partial charge in [-0.1, -0.05) is 15.9 Å². The first kappa shape index (κ1) is 13.3. The number of halogens is 2. The van der Waals surface area contributed by atoms with E-state index in [0.29, 0.717) is 6.54 Å². The fraction of sp³-hybridized carbons (Fsp3) is 0.286. The molecule has 1 N–H and O–H groups in total. The van der Waals surface area contributed by atoms with Crippen LogP contribution in [-0.4, -0.2) is 0 Å². The van der Waals surface area contributed by atoms with Gasteiger partial charge in [0.05, 0.1) is 6.04 Å². The van der Waals surface area contributed by atoms with Gasteiger partial charge >= 0.3 is 0 Å². The summed E-state index contributed by atoms with van der Waals surface area (Å²) in [6.45, 7) is 4.53. The predicted molar refractivity (Wildman–Crippen MR) is 72.8 cm³/mol. The first-order chi connectivity index (χ1) is 8.54. The number of nitrogens with one attached hydrogen (secondary N) is 1. The molecule has 0 aliphatic rings. The van der Waals surface area contributed by atoms with E-state index in [1.54, 1.807) is 0 Å². The molecule has 0 radical (unpaired) electrons. The molecule has 96 valence electrons. The van der Waals surface area contributed by atoms with Crippen LogP contribution in [0.3, 0.4) is 0 Å². The molecular weight excluding hydrogens is 297 g/mol. The van der Waals surface area contributed by atoms with E-state index >= 15 is 0 Å². The zero-order valence-corrected chi connectivity index (χ0v) is 11.9. The lowest BCUT2D eigenvalue weighted by atomic mass is 10.2. The van der Waals surface area contributed by atoms with Gasteiger partial charge in [0.1, 0.15) is 17.3 Å². The van der Waals surface area contributed by atoms with Gasteiger partial charge in [0.2, 0.25) is 0 Å². The minimum atomic E-state index is -0.234. The van der Waals surface area contributed by atoms with Crippen LogP contribution in [0, 0.1) is 12.7 Å². The van der Waals surface area contributed by atoms with Crippen molar-refractivity contribution in [2.45, 2.75) is 26.4 Å². The van der Waals surface area contributed by atoms with Gasteiger partial charge in [-0.3, -0.25) is 0 Å². The lowest BCUT2D eigenvalue weighted by molar-refractivity contribution is 0.415. The van der Waals surface area contributed by atoms with Crippen molar-refractivity contribution >= 4 is 15.9 Å². The lowest BCUT2D eigenvalue weighted by Crippen LogP contribution is -2.17. The van der Waals surface area contributed by atoms with Crippen LogP contribution in [0.5, 0.6) is 0 Å². The highest BCUT2D eigenvalue weighted by Crippen LogP contribution is 2.18. The fourth-order valence-electron chi connectivity index (χ4n) is 1.77. The Bertz CT molecular complexity index is 518. The van der Waals surface area contributed by atoms with Gasteiger partial charge < -0.3 is 9.73 Å². The number of hydrogen-bond acceptors (Lipinski definition) is 2. The van der Waals surface area contributed by atoms with Crippen LogP contribution in [0.2, 0.25) is 0 Å². The molecule has 0 bridgehead atoms. The highest BCUT2D eigenvalue weighted by atomic mass is 79.9. The molecule has 0 aliphatic heterocycles. The van der Waals surface area contributed by atoms with Gasteiger partial charge in [0.25, 0.3) is 0 Å². The Labute approximate surface area is 114 Å². The van der Waals surface area contributed by atoms with Crippen LogP contribution in [0.4, 0.5) is 4.39 Å². The van der Waals surface area contributed by atoms with Crippen LogP contribution >= 0.6 is 15.9 Å². The van der Waals surface area contributed by atoms with E-state index in [1.807, 2.05) is 32.0 Å². The van der Waals surface area contributed by atoms with Crippen LogP contribution in [0.1, 0.15) is 30.0 Å².